The molecular weight excluding hydrogens is 316 g/mol. The first-order valence-corrected chi connectivity index (χ1v) is 8.27. The number of rotatable bonds is 5. The lowest BCUT2D eigenvalue weighted by Crippen LogP contribution is -2.50. The van der Waals surface area contributed by atoms with Crippen molar-refractivity contribution in [1.82, 2.24) is 9.88 Å². The van der Waals surface area contributed by atoms with Gasteiger partial charge in [0.25, 0.3) is 0 Å². The number of amides is 1. The van der Waals surface area contributed by atoms with E-state index in [-0.39, 0.29) is 12.5 Å². The fraction of sp³-hybridized carbons (Fsp3) is 0.316. The molecule has 3 rings (SSSR count). The topological polar surface area (TPSA) is 69.5 Å². The maximum atomic E-state index is 12.2. The van der Waals surface area contributed by atoms with Crippen LogP contribution < -0.4 is 4.90 Å². The van der Waals surface area contributed by atoms with Crippen LogP contribution in [0.15, 0.2) is 48.7 Å². The number of anilines is 1. The SMILES string of the molecule is N#Cc1ccc(N2CCN(C(=O)COCc3ccccc3)CC2)nc1. The molecule has 0 saturated carbocycles. The second kappa shape index (κ2) is 8.27. The first-order chi connectivity index (χ1) is 12.3. The number of nitrogens with zero attached hydrogens (tertiary/aromatic N) is 4. The number of carbonyl (C=O) groups excluding carboxylic acids is 1. The maximum absolute atomic E-state index is 12.2. The second-order valence-corrected chi connectivity index (χ2v) is 5.86. The summed E-state index contributed by atoms with van der Waals surface area (Å²) in [6, 6.07) is 15.5. The highest BCUT2D eigenvalue weighted by Gasteiger charge is 2.21. The molecular formula is C19H20N4O2. The van der Waals surface area contributed by atoms with Crippen LogP contribution in [0.1, 0.15) is 11.1 Å². The van der Waals surface area contributed by atoms with Crippen LogP contribution in [0, 0.1) is 11.3 Å². The first kappa shape index (κ1) is 16.9. The minimum absolute atomic E-state index is 0.0170. The lowest BCUT2D eigenvalue weighted by atomic mass is 10.2. The third-order valence-electron chi connectivity index (χ3n) is 4.17. The third-order valence-corrected chi connectivity index (χ3v) is 4.17. The lowest BCUT2D eigenvalue weighted by molar-refractivity contribution is -0.136. The molecule has 1 aromatic heterocycles. The molecule has 0 radical (unpaired) electrons. The van der Waals surface area contributed by atoms with E-state index in [1.807, 2.05) is 41.3 Å². The summed E-state index contributed by atoms with van der Waals surface area (Å²) >= 11 is 0. The molecule has 0 atom stereocenters. The molecule has 1 aromatic carbocycles. The van der Waals surface area contributed by atoms with Gasteiger partial charge in [0, 0.05) is 32.4 Å². The number of nitriles is 1. The van der Waals surface area contributed by atoms with Crippen molar-refractivity contribution in [2.24, 2.45) is 0 Å². The molecule has 6 heteroatoms. The first-order valence-electron chi connectivity index (χ1n) is 8.27. The van der Waals surface area contributed by atoms with Gasteiger partial charge in [0.2, 0.25) is 5.91 Å². The van der Waals surface area contributed by atoms with Gasteiger partial charge in [0.05, 0.1) is 12.2 Å². The molecule has 1 fully saturated rings. The largest absolute Gasteiger partial charge is 0.367 e. The van der Waals surface area contributed by atoms with E-state index in [2.05, 4.69) is 16.0 Å². The van der Waals surface area contributed by atoms with E-state index in [4.69, 9.17) is 10.00 Å². The van der Waals surface area contributed by atoms with Gasteiger partial charge >= 0.3 is 0 Å². The van der Waals surface area contributed by atoms with Gasteiger partial charge in [-0.2, -0.15) is 5.26 Å². The zero-order chi connectivity index (χ0) is 17.5. The highest BCUT2D eigenvalue weighted by Crippen LogP contribution is 2.14. The smallest absolute Gasteiger partial charge is 0.248 e. The molecule has 25 heavy (non-hydrogen) atoms. The molecule has 6 nitrogen and oxygen atoms in total. The van der Waals surface area contributed by atoms with Crippen LogP contribution in [-0.2, 0) is 16.1 Å². The molecule has 128 valence electrons. The fourth-order valence-corrected chi connectivity index (χ4v) is 2.75. The Morgan fingerprint density at radius 2 is 1.88 bits per heavy atom. The van der Waals surface area contributed by atoms with Crippen molar-refractivity contribution in [3.8, 4) is 6.07 Å². The van der Waals surface area contributed by atoms with E-state index in [0.29, 0.717) is 25.3 Å². The van der Waals surface area contributed by atoms with Crippen molar-refractivity contribution in [1.29, 1.82) is 5.26 Å². The van der Waals surface area contributed by atoms with Crippen LogP contribution in [0.2, 0.25) is 0 Å². The summed E-state index contributed by atoms with van der Waals surface area (Å²) in [5.74, 6) is 0.856. The van der Waals surface area contributed by atoms with Crippen LogP contribution in [0.25, 0.3) is 0 Å². The quantitative estimate of drug-likeness (QED) is 0.833. The molecule has 2 aromatic rings. The van der Waals surface area contributed by atoms with Gasteiger partial charge < -0.3 is 14.5 Å². The lowest BCUT2D eigenvalue weighted by Gasteiger charge is -2.35. The molecule has 1 saturated heterocycles. The van der Waals surface area contributed by atoms with Crippen molar-refractivity contribution in [3.05, 3.63) is 59.8 Å². The standard InChI is InChI=1S/C19H20N4O2/c20-12-17-6-7-18(21-13-17)22-8-10-23(11-9-22)19(24)15-25-14-16-4-2-1-3-5-16/h1-7,13H,8-11,14-15H2. The van der Waals surface area contributed by atoms with E-state index >= 15 is 0 Å². The van der Waals surface area contributed by atoms with Crippen molar-refractivity contribution in [2.45, 2.75) is 6.61 Å². The Bertz CT molecular complexity index is 732. The number of carbonyl (C=O) groups is 1. The van der Waals surface area contributed by atoms with Crippen molar-refractivity contribution >= 4 is 11.7 Å². The Morgan fingerprint density at radius 3 is 2.52 bits per heavy atom. The second-order valence-electron chi connectivity index (χ2n) is 5.86. The summed E-state index contributed by atoms with van der Waals surface area (Å²) in [4.78, 5) is 20.5. The number of pyridine rings is 1. The number of benzene rings is 1. The van der Waals surface area contributed by atoms with E-state index in [1.165, 1.54) is 0 Å². The molecule has 0 unspecified atom stereocenters. The minimum Gasteiger partial charge on any atom is -0.367 e. The third kappa shape index (κ3) is 4.55. The predicted molar refractivity (Wildman–Crippen MR) is 93.8 cm³/mol. The highest BCUT2D eigenvalue weighted by molar-refractivity contribution is 5.77. The maximum Gasteiger partial charge on any atom is 0.248 e. The number of piperazine rings is 1. The average Bonchev–Trinajstić information content (AvgIpc) is 2.69. The van der Waals surface area contributed by atoms with Gasteiger partial charge in [-0.05, 0) is 17.7 Å². The highest BCUT2D eigenvalue weighted by atomic mass is 16.5. The number of hydrogen-bond donors (Lipinski definition) is 0. The average molecular weight is 336 g/mol. The van der Waals surface area contributed by atoms with Crippen LogP contribution in [0.5, 0.6) is 0 Å². The van der Waals surface area contributed by atoms with Gasteiger partial charge in [0.1, 0.15) is 18.5 Å². The van der Waals surface area contributed by atoms with Gasteiger partial charge in [-0.25, -0.2) is 4.98 Å². The van der Waals surface area contributed by atoms with Crippen LogP contribution in [0.3, 0.4) is 0 Å². The normalized spacial score (nSPS) is 14.2. The summed E-state index contributed by atoms with van der Waals surface area (Å²) in [7, 11) is 0. The Kier molecular flexibility index (Phi) is 5.60. The summed E-state index contributed by atoms with van der Waals surface area (Å²) in [5.41, 5.74) is 1.61. The minimum atomic E-state index is 0.0170. The van der Waals surface area contributed by atoms with Crippen molar-refractivity contribution in [3.63, 3.8) is 0 Å². The van der Waals surface area contributed by atoms with Crippen LogP contribution in [-0.4, -0.2) is 48.6 Å². The van der Waals surface area contributed by atoms with Gasteiger partial charge in [0.15, 0.2) is 0 Å². The summed E-state index contributed by atoms with van der Waals surface area (Å²) in [5, 5.41) is 8.82. The van der Waals surface area contributed by atoms with E-state index < -0.39 is 0 Å². The molecule has 1 amide bonds. The van der Waals surface area contributed by atoms with E-state index in [1.54, 1.807) is 12.3 Å². The molecule has 2 heterocycles. The van der Waals surface area contributed by atoms with Gasteiger partial charge in [-0.15, -0.1) is 0 Å². The van der Waals surface area contributed by atoms with Crippen molar-refractivity contribution in [2.75, 3.05) is 37.7 Å². The van der Waals surface area contributed by atoms with Gasteiger partial charge in [-0.1, -0.05) is 30.3 Å². The zero-order valence-corrected chi connectivity index (χ0v) is 14.0. The van der Waals surface area contributed by atoms with E-state index in [0.717, 1.165) is 24.5 Å². The summed E-state index contributed by atoms with van der Waals surface area (Å²) < 4.78 is 5.52. The molecule has 0 aliphatic carbocycles. The monoisotopic (exact) mass is 336 g/mol. The number of ether oxygens (including phenoxy) is 1. The fourth-order valence-electron chi connectivity index (χ4n) is 2.75. The van der Waals surface area contributed by atoms with Crippen LogP contribution >= 0.6 is 0 Å². The Balaban J connectivity index is 1.43. The Morgan fingerprint density at radius 1 is 1.12 bits per heavy atom. The Hall–Kier alpha value is -2.91. The van der Waals surface area contributed by atoms with Crippen molar-refractivity contribution < 1.29 is 9.53 Å². The molecule has 0 N–H and O–H groups in total. The van der Waals surface area contributed by atoms with Crippen LogP contribution in [0.4, 0.5) is 5.82 Å². The molecule has 0 bridgehead atoms. The predicted octanol–water partition coefficient (Wildman–Crippen LogP) is 1.82. The molecule has 1 aliphatic heterocycles. The number of aromatic nitrogens is 1. The van der Waals surface area contributed by atoms with Gasteiger partial charge in [-0.3, -0.25) is 4.79 Å². The zero-order valence-electron chi connectivity index (χ0n) is 14.0. The summed E-state index contributed by atoms with van der Waals surface area (Å²) in [6.07, 6.45) is 1.57. The molecule has 1 aliphatic rings. The Labute approximate surface area is 147 Å². The number of hydrogen-bond acceptors (Lipinski definition) is 5. The van der Waals surface area contributed by atoms with E-state index in [9.17, 15) is 4.79 Å². The summed E-state index contributed by atoms with van der Waals surface area (Å²) in [6.45, 7) is 3.29. The molecule has 0 spiro atoms.